The van der Waals surface area contributed by atoms with Gasteiger partial charge in [-0.25, -0.2) is 14.5 Å². The molecule has 144 valence electrons. The summed E-state index contributed by atoms with van der Waals surface area (Å²) in [5.74, 6) is 0.758. The molecule has 1 aromatic carbocycles. The predicted octanol–water partition coefficient (Wildman–Crippen LogP) is 1.98. The van der Waals surface area contributed by atoms with Crippen LogP contribution in [0.5, 0.6) is 0 Å². The molecule has 1 aliphatic rings. The van der Waals surface area contributed by atoms with Crippen molar-refractivity contribution in [1.82, 2.24) is 24.5 Å². The molecule has 0 radical (unpaired) electrons. The lowest BCUT2D eigenvalue weighted by molar-refractivity contribution is 0.0501. The van der Waals surface area contributed by atoms with Crippen molar-refractivity contribution in [2.24, 2.45) is 5.73 Å². The minimum Gasteiger partial charge on any atom is -0.390 e. The number of aromatic nitrogens is 4. The maximum absolute atomic E-state index is 10.1. The Morgan fingerprint density at radius 3 is 3.11 bits per heavy atom. The van der Waals surface area contributed by atoms with E-state index < -0.39 is 6.10 Å². The number of aliphatic hydroxyl groups is 1. The van der Waals surface area contributed by atoms with Crippen molar-refractivity contribution in [3.63, 3.8) is 0 Å². The third-order valence-corrected chi connectivity index (χ3v) is 6.04. The molecule has 0 bridgehead atoms. The lowest BCUT2D eigenvalue weighted by Crippen LogP contribution is -2.50. The fraction of sp³-hybridized carbons (Fsp3) is 0.316. The van der Waals surface area contributed by atoms with Gasteiger partial charge in [0.2, 0.25) is 0 Å². The first-order valence-electron chi connectivity index (χ1n) is 9.25. The van der Waals surface area contributed by atoms with Crippen LogP contribution in [-0.2, 0) is 6.54 Å². The van der Waals surface area contributed by atoms with E-state index in [0.717, 1.165) is 52.3 Å². The SMILES string of the molecule is N[C@@H]1CCN(Cc2ccn3ncnc(Nc4ccc5ncsc5c4)c23)C[C@H]1O. The second-order valence-electron chi connectivity index (χ2n) is 7.16. The largest absolute Gasteiger partial charge is 0.390 e. The Morgan fingerprint density at radius 2 is 2.21 bits per heavy atom. The number of nitrogens with zero attached hydrogens (tertiary/aromatic N) is 5. The summed E-state index contributed by atoms with van der Waals surface area (Å²) >= 11 is 1.61. The van der Waals surface area contributed by atoms with E-state index in [2.05, 4.69) is 37.4 Å². The van der Waals surface area contributed by atoms with Gasteiger partial charge in [0.15, 0.2) is 5.82 Å². The molecule has 9 heteroatoms. The Labute approximate surface area is 165 Å². The average Bonchev–Trinajstić information content (AvgIpc) is 3.32. The molecular weight excluding hydrogens is 374 g/mol. The summed E-state index contributed by atoms with van der Waals surface area (Å²) in [6.07, 6.45) is 3.80. The summed E-state index contributed by atoms with van der Waals surface area (Å²) in [7, 11) is 0. The van der Waals surface area contributed by atoms with Gasteiger partial charge in [0, 0.05) is 37.6 Å². The first kappa shape index (κ1) is 17.5. The number of benzene rings is 1. The van der Waals surface area contributed by atoms with E-state index in [1.54, 1.807) is 17.7 Å². The first-order chi connectivity index (χ1) is 13.7. The van der Waals surface area contributed by atoms with Crippen molar-refractivity contribution in [3.8, 4) is 0 Å². The third kappa shape index (κ3) is 3.22. The van der Waals surface area contributed by atoms with Crippen LogP contribution in [0.3, 0.4) is 0 Å². The number of thiazole rings is 1. The first-order valence-corrected chi connectivity index (χ1v) is 10.1. The van der Waals surface area contributed by atoms with Crippen LogP contribution in [0, 0.1) is 0 Å². The van der Waals surface area contributed by atoms with Crippen molar-refractivity contribution in [3.05, 3.63) is 47.9 Å². The number of anilines is 2. The standard InChI is InChI=1S/C19H21N7OS/c20-14-4-5-25(9-16(14)27)8-12-3-6-26-18(12)19(21-10-23-26)24-13-1-2-15-17(7-13)28-11-22-15/h1-3,6-7,10-11,14,16,27H,4-5,8-9,20H2,(H,21,23,24)/t14-,16-/m1/s1. The summed E-state index contributed by atoms with van der Waals surface area (Å²) in [6, 6.07) is 8.01. The van der Waals surface area contributed by atoms with Gasteiger partial charge in [-0.1, -0.05) is 0 Å². The highest BCUT2D eigenvalue weighted by atomic mass is 32.1. The van der Waals surface area contributed by atoms with Crippen LogP contribution in [0.25, 0.3) is 15.7 Å². The van der Waals surface area contributed by atoms with Gasteiger partial charge in [0.25, 0.3) is 0 Å². The normalized spacial score (nSPS) is 20.8. The highest BCUT2D eigenvalue weighted by molar-refractivity contribution is 7.16. The fourth-order valence-corrected chi connectivity index (χ4v) is 4.42. The number of rotatable bonds is 4. The molecule has 0 saturated carbocycles. The van der Waals surface area contributed by atoms with Crippen LogP contribution in [-0.4, -0.2) is 54.8 Å². The zero-order chi connectivity index (χ0) is 19.1. The quantitative estimate of drug-likeness (QED) is 0.485. The number of nitrogens with two attached hydrogens (primary N) is 1. The van der Waals surface area contributed by atoms with E-state index in [1.807, 2.05) is 28.4 Å². The molecule has 0 spiro atoms. The Balaban J connectivity index is 1.45. The number of nitrogens with one attached hydrogen (secondary N) is 1. The summed E-state index contributed by atoms with van der Waals surface area (Å²) in [6.45, 7) is 2.17. The van der Waals surface area contributed by atoms with Crippen molar-refractivity contribution in [2.45, 2.75) is 25.1 Å². The zero-order valence-corrected chi connectivity index (χ0v) is 16.0. The number of β-amino-alcohol motifs (C(OH)–C–C–N with tert-alkyl or cyclic N) is 1. The summed E-state index contributed by atoms with van der Waals surface area (Å²) in [5, 5.41) is 17.9. The average molecular weight is 395 g/mol. The molecule has 5 rings (SSSR count). The Morgan fingerprint density at radius 1 is 1.29 bits per heavy atom. The monoisotopic (exact) mass is 395 g/mol. The predicted molar refractivity (Wildman–Crippen MR) is 110 cm³/mol. The second-order valence-corrected chi connectivity index (χ2v) is 8.04. The smallest absolute Gasteiger partial charge is 0.158 e. The third-order valence-electron chi connectivity index (χ3n) is 5.24. The fourth-order valence-electron chi connectivity index (χ4n) is 3.71. The Kier molecular flexibility index (Phi) is 4.44. The van der Waals surface area contributed by atoms with E-state index in [-0.39, 0.29) is 6.04 Å². The zero-order valence-electron chi connectivity index (χ0n) is 15.2. The number of piperidine rings is 1. The summed E-state index contributed by atoms with van der Waals surface area (Å²) < 4.78 is 2.96. The Hall–Kier alpha value is -2.59. The number of likely N-dealkylation sites (tertiary alicyclic amines) is 1. The molecular formula is C19H21N7OS. The van der Waals surface area contributed by atoms with Gasteiger partial charge >= 0.3 is 0 Å². The number of hydrogen-bond acceptors (Lipinski definition) is 8. The van der Waals surface area contributed by atoms with Crippen molar-refractivity contribution in [2.75, 3.05) is 18.4 Å². The molecule has 1 saturated heterocycles. The molecule has 0 unspecified atom stereocenters. The minimum atomic E-state index is -0.484. The van der Waals surface area contributed by atoms with Crippen molar-refractivity contribution >= 4 is 38.6 Å². The van der Waals surface area contributed by atoms with Crippen LogP contribution < -0.4 is 11.1 Å². The second kappa shape index (κ2) is 7.10. The summed E-state index contributed by atoms with van der Waals surface area (Å²) in [4.78, 5) is 11.0. The van der Waals surface area contributed by atoms with Gasteiger partial charge in [0.1, 0.15) is 11.8 Å². The maximum Gasteiger partial charge on any atom is 0.158 e. The topological polar surface area (TPSA) is 105 Å². The highest BCUT2D eigenvalue weighted by Crippen LogP contribution is 2.27. The lowest BCUT2D eigenvalue weighted by atomic mass is 10.0. The molecule has 1 fully saturated rings. The van der Waals surface area contributed by atoms with Crippen LogP contribution in [0.1, 0.15) is 12.0 Å². The number of fused-ring (bicyclic) bond motifs is 2. The van der Waals surface area contributed by atoms with Gasteiger partial charge in [-0.05, 0) is 36.2 Å². The molecule has 1 aliphatic heterocycles. The molecule has 4 heterocycles. The summed E-state index contributed by atoms with van der Waals surface area (Å²) in [5.41, 5.74) is 11.8. The Bertz CT molecular complexity index is 1120. The van der Waals surface area contributed by atoms with Gasteiger partial charge in [0.05, 0.1) is 21.8 Å². The van der Waals surface area contributed by atoms with Gasteiger partial charge in [-0.2, -0.15) is 5.10 Å². The van der Waals surface area contributed by atoms with Crippen LogP contribution in [0.4, 0.5) is 11.5 Å². The van der Waals surface area contributed by atoms with Crippen molar-refractivity contribution < 1.29 is 5.11 Å². The molecule has 0 amide bonds. The molecule has 4 aromatic rings. The number of aliphatic hydroxyl groups excluding tert-OH is 1. The highest BCUT2D eigenvalue weighted by Gasteiger charge is 2.25. The van der Waals surface area contributed by atoms with Gasteiger partial charge in [-0.3, -0.25) is 4.90 Å². The van der Waals surface area contributed by atoms with E-state index in [9.17, 15) is 5.11 Å². The molecule has 2 atom stereocenters. The van der Waals surface area contributed by atoms with E-state index in [4.69, 9.17) is 5.73 Å². The molecule has 4 N–H and O–H groups in total. The van der Waals surface area contributed by atoms with Gasteiger partial charge in [-0.15, -0.1) is 11.3 Å². The van der Waals surface area contributed by atoms with E-state index in [1.165, 1.54) is 0 Å². The number of hydrogen-bond donors (Lipinski definition) is 3. The van der Waals surface area contributed by atoms with Crippen LogP contribution >= 0.6 is 11.3 Å². The molecule has 0 aliphatic carbocycles. The van der Waals surface area contributed by atoms with Gasteiger partial charge < -0.3 is 16.2 Å². The van der Waals surface area contributed by atoms with Crippen LogP contribution in [0.2, 0.25) is 0 Å². The molecule has 8 nitrogen and oxygen atoms in total. The molecule has 28 heavy (non-hydrogen) atoms. The molecule has 3 aromatic heterocycles. The van der Waals surface area contributed by atoms with E-state index >= 15 is 0 Å². The van der Waals surface area contributed by atoms with E-state index in [0.29, 0.717) is 6.54 Å². The lowest BCUT2D eigenvalue weighted by Gasteiger charge is -2.33. The minimum absolute atomic E-state index is 0.135. The van der Waals surface area contributed by atoms with Crippen LogP contribution in [0.15, 0.2) is 42.3 Å². The maximum atomic E-state index is 10.1. The van der Waals surface area contributed by atoms with Crippen molar-refractivity contribution in [1.29, 1.82) is 0 Å².